The fourth-order valence-corrected chi connectivity index (χ4v) is 5.06. The number of carbonyl (C=O) groups excluding carboxylic acids is 1. The predicted octanol–water partition coefficient (Wildman–Crippen LogP) is 4.81. The molecule has 2 aromatic heterocycles. The van der Waals surface area contributed by atoms with Gasteiger partial charge in [0.05, 0.1) is 5.25 Å². The van der Waals surface area contributed by atoms with Crippen molar-refractivity contribution < 1.29 is 14.3 Å². The lowest BCUT2D eigenvalue weighted by molar-refractivity contribution is -0.115. The van der Waals surface area contributed by atoms with E-state index in [0.717, 1.165) is 11.5 Å². The van der Waals surface area contributed by atoms with Crippen molar-refractivity contribution in [2.45, 2.75) is 23.8 Å². The summed E-state index contributed by atoms with van der Waals surface area (Å²) in [7, 11) is 0. The van der Waals surface area contributed by atoms with Gasteiger partial charge in [-0.1, -0.05) is 36.0 Å². The highest BCUT2D eigenvalue weighted by molar-refractivity contribution is 8.00. The van der Waals surface area contributed by atoms with E-state index in [1.165, 1.54) is 16.6 Å². The molecule has 0 fully saturated rings. The van der Waals surface area contributed by atoms with Crippen LogP contribution in [0.15, 0.2) is 71.2 Å². The minimum Gasteiger partial charge on any atom is -0.486 e. The molecular weight excluding hydrogens is 456 g/mol. The summed E-state index contributed by atoms with van der Waals surface area (Å²) in [4.78, 5) is 14.1. The molecule has 1 aliphatic heterocycles. The number of amides is 1. The van der Waals surface area contributed by atoms with Crippen molar-refractivity contribution >= 4 is 34.7 Å². The molecule has 0 aliphatic carbocycles. The number of nitrogens with zero attached hydrogens (tertiary/aromatic N) is 3. The van der Waals surface area contributed by atoms with Crippen molar-refractivity contribution in [2.24, 2.45) is 0 Å². The number of para-hydroxylation sites is 1. The van der Waals surface area contributed by atoms with Gasteiger partial charge in [0.25, 0.3) is 0 Å². The van der Waals surface area contributed by atoms with Crippen LogP contribution in [0.5, 0.6) is 11.5 Å². The van der Waals surface area contributed by atoms with Crippen LogP contribution in [0.3, 0.4) is 0 Å². The molecule has 1 atom stereocenters. The van der Waals surface area contributed by atoms with Gasteiger partial charge in [0.15, 0.2) is 16.7 Å². The highest BCUT2D eigenvalue weighted by Gasteiger charge is 2.22. The molecule has 9 heteroatoms. The zero-order valence-corrected chi connectivity index (χ0v) is 19.6. The van der Waals surface area contributed by atoms with Gasteiger partial charge in [-0.15, -0.1) is 21.5 Å². The van der Waals surface area contributed by atoms with Crippen LogP contribution >= 0.6 is 23.1 Å². The minimum atomic E-state index is -0.389. The van der Waals surface area contributed by atoms with E-state index >= 15 is 0 Å². The molecule has 0 saturated carbocycles. The first-order valence-electron chi connectivity index (χ1n) is 10.6. The van der Waals surface area contributed by atoms with E-state index in [1.54, 1.807) is 17.4 Å². The number of nitrogens with one attached hydrogen (secondary N) is 1. The number of aromatic nitrogens is 3. The molecule has 2 aromatic carbocycles. The van der Waals surface area contributed by atoms with Crippen LogP contribution in [0.1, 0.15) is 17.6 Å². The predicted molar refractivity (Wildman–Crippen MR) is 130 cm³/mol. The van der Waals surface area contributed by atoms with Gasteiger partial charge in [0.2, 0.25) is 5.91 Å². The van der Waals surface area contributed by atoms with Crippen LogP contribution < -0.4 is 14.8 Å². The zero-order chi connectivity index (χ0) is 22.6. The van der Waals surface area contributed by atoms with Crippen molar-refractivity contribution in [1.82, 2.24) is 14.8 Å². The Balaban J connectivity index is 1.35. The SMILES string of the molecule is C[C@H](Sc1nnc(Cc2cccs2)n1-c1ccccc1)C(=O)Nc1ccc2c(c1)OCCO2. The number of carbonyl (C=O) groups is 1. The number of anilines is 1. The third kappa shape index (κ3) is 4.89. The number of hydrogen-bond acceptors (Lipinski definition) is 7. The standard InChI is InChI=1S/C24H22N4O3S2/c1-16(23(29)25-17-9-10-20-21(14-17)31-12-11-30-20)33-24-27-26-22(15-19-8-5-13-32-19)28(24)18-6-3-2-4-7-18/h2-10,13-14,16H,11-12,15H2,1H3,(H,25,29)/t16-/m0/s1. The van der Waals surface area contributed by atoms with E-state index in [0.29, 0.717) is 42.0 Å². The van der Waals surface area contributed by atoms with Crippen LogP contribution in [0.2, 0.25) is 0 Å². The van der Waals surface area contributed by atoms with Gasteiger partial charge in [-0.05, 0) is 42.6 Å². The average Bonchev–Trinajstić information content (AvgIpc) is 3.50. The molecule has 0 saturated heterocycles. The Labute approximate surface area is 199 Å². The number of rotatable bonds is 7. The largest absolute Gasteiger partial charge is 0.486 e. The fraction of sp³-hybridized carbons (Fsp3) is 0.208. The summed E-state index contributed by atoms with van der Waals surface area (Å²) in [6.07, 6.45) is 0.678. The molecular formula is C24H22N4O3S2. The van der Waals surface area contributed by atoms with Crippen molar-refractivity contribution in [2.75, 3.05) is 18.5 Å². The molecule has 0 spiro atoms. The molecule has 168 valence electrons. The quantitative estimate of drug-likeness (QED) is 0.384. The van der Waals surface area contributed by atoms with E-state index in [9.17, 15) is 4.79 Å². The third-order valence-electron chi connectivity index (χ3n) is 5.09. The third-order valence-corrected chi connectivity index (χ3v) is 7.01. The van der Waals surface area contributed by atoms with Crippen LogP contribution in [-0.4, -0.2) is 39.1 Å². The first kappa shape index (κ1) is 21.5. The molecule has 1 aliphatic rings. The van der Waals surface area contributed by atoms with Gasteiger partial charge in [-0.2, -0.15) is 0 Å². The summed E-state index contributed by atoms with van der Waals surface area (Å²) in [5.41, 5.74) is 1.63. The van der Waals surface area contributed by atoms with E-state index in [-0.39, 0.29) is 11.2 Å². The molecule has 1 N–H and O–H groups in total. The number of hydrogen-bond donors (Lipinski definition) is 1. The van der Waals surface area contributed by atoms with Gasteiger partial charge >= 0.3 is 0 Å². The van der Waals surface area contributed by atoms with Crippen molar-refractivity contribution in [3.63, 3.8) is 0 Å². The van der Waals surface area contributed by atoms with Gasteiger partial charge in [0, 0.05) is 28.7 Å². The fourth-order valence-electron chi connectivity index (χ4n) is 3.47. The molecule has 0 unspecified atom stereocenters. The van der Waals surface area contributed by atoms with Crippen LogP contribution in [0.4, 0.5) is 5.69 Å². The van der Waals surface area contributed by atoms with Crippen molar-refractivity contribution in [1.29, 1.82) is 0 Å². The van der Waals surface area contributed by atoms with Crippen LogP contribution in [-0.2, 0) is 11.2 Å². The second kappa shape index (κ2) is 9.68. The number of ether oxygens (including phenoxy) is 2. The number of benzene rings is 2. The van der Waals surface area contributed by atoms with Crippen molar-refractivity contribution in [3.8, 4) is 17.2 Å². The first-order valence-corrected chi connectivity index (χ1v) is 12.3. The van der Waals surface area contributed by atoms with E-state index in [1.807, 2.05) is 60.0 Å². The molecule has 0 radical (unpaired) electrons. The lowest BCUT2D eigenvalue weighted by Gasteiger charge is -2.19. The zero-order valence-electron chi connectivity index (χ0n) is 17.9. The molecule has 3 heterocycles. The normalized spacial score (nSPS) is 13.5. The highest BCUT2D eigenvalue weighted by atomic mass is 32.2. The first-order chi connectivity index (χ1) is 16.2. The maximum Gasteiger partial charge on any atom is 0.237 e. The molecule has 4 aromatic rings. The summed E-state index contributed by atoms with van der Waals surface area (Å²) in [5, 5.41) is 14.2. The highest BCUT2D eigenvalue weighted by Crippen LogP contribution is 2.33. The Morgan fingerprint density at radius 2 is 1.91 bits per heavy atom. The number of fused-ring (bicyclic) bond motifs is 1. The maximum absolute atomic E-state index is 12.9. The van der Waals surface area contributed by atoms with Crippen LogP contribution in [0, 0.1) is 0 Å². The second-order valence-electron chi connectivity index (χ2n) is 7.43. The van der Waals surface area contributed by atoms with E-state index < -0.39 is 0 Å². The molecule has 1 amide bonds. The Hall–Kier alpha value is -3.30. The van der Waals surface area contributed by atoms with E-state index in [2.05, 4.69) is 27.0 Å². The number of thioether (sulfide) groups is 1. The lowest BCUT2D eigenvalue weighted by Crippen LogP contribution is -2.23. The summed E-state index contributed by atoms with van der Waals surface area (Å²) in [6, 6.07) is 19.5. The van der Waals surface area contributed by atoms with Gasteiger partial charge in [0.1, 0.15) is 19.0 Å². The Kier molecular flexibility index (Phi) is 6.32. The Morgan fingerprint density at radius 1 is 1.09 bits per heavy atom. The minimum absolute atomic E-state index is 0.126. The van der Waals surface area contributed by atoms with Crippen LogP contribution in [0.25, 0.3) is 5.69 Å². The van der Waals surface area contributed by atoms with Crippen molar-refractivity contribution in [3.05, 3.63) is 76.7 Å². The molecule has 5 rings (SSSR count). The summed E-state index contributed by atoms with van der Waals surface area (Å²) in [6.45, 7) is 2.89. The average molecular weight is 479 g/mol. The Bertz CT molecular complexity index is 1240. The number of thiophene rings is 1. The lowest BCUT2D eigenvalue weighted by atomic mass is 10.2. The smallest absolute Gasteiger partial charge is 0.237 e. The summed E-state index contributed by atoms with van der Waals surface area (Å²) in [5.74, 6) is 2.04. The second-order valence-corrected chi connectivity index (χ2v) is 9.77. The molecule has 0 bridgehead atoms. The monoisotopic (exact) mass is 478 g/mol. The maximum atomic E-state index is 12.9. The molecule has 33 heavy (non-hydrogen) atoms. The van der Waals surface area contributed by atoms with Gasteiger partial charge < -0.3 is 14.8 Å². The summed E-state index contributed by atoms with van der Waals surface area (Å²) < 4.78 is 13.2. The van der Waals surface area contributed by atoms with Gasteiger partial charge in [-0.3, -0.25) is 9.36 Å². The topological polar surface area (TPSA) is 78.3 Å². The summed E-state index contributed by atoms with van der Waals surface area (Å²) >= 11 is 3.07. The van der Waals surface area contributed by atoms with Gasteiger partial charge in [-0.25, -0.2) is 0 Å². The Morgan fingerprint density at radius 3 is 2.70 bits per heavy atom. The van der Waals surface area contributed by atoms with E-state index in [4.69, 9.17) is 9.47 Å². The molecule has 7 nitrogen and oxygen atoms in total.